The van der Waals surface area contributed by atoms with Gasteiger partial charge in [-0.15, -0.1) is 0 Å². The zero-order chi connectivity index (χ0) is 21.4. The molecule has 0 fully saturated rings. The van der Waals surface area contributed by atoms with Crippen molar-refractivity contribution >= 4 is 18.6 Å². The van der Waals surface area contributed by atoms with Gasteiger partial charge in [-0.3, -0.25) is 4.79 Å². The van der Waals surface area contributed by atoms with Crippen LogP contribution >= 0.6 is 12.6 Å². The van der Waals surface area contributed by atoms with Crippen LogP contribution in [0.15, 0.2) is 34.4 Å². The van der Waals surface area contributed by atoms with E-state index in [9.17, 15) is 4.79 Å². The van der Waals surface area contributed by atoms with Crippen LogP contribution in [0, 0.1) is 10.8 Å². The second-order valence-corrected chi connectivity index (χ2v) is 10.3. The van der Waals surface area contributed by atoms with Gasteiger partial charge in [0.05, 0.1) is 12.4 Å². The molecule has 0 aromatic carbocycles. The maximum Gasteiger partial charge on any atom is 0.315 e. The Morgan fingerprint density at radius 3 is 2.07 bits per heavy atom. The summed E-state index contributed by atoms with van der Waals surface area (Å²) >= 11 is 3.81. The van der Waals surface area contributed by atoms with Crippen molar-refractivity contribution in [2.45, 2.75) is 93.4 Å². The van der Waals surface area contributed by atoms with E-state index in [0.29, 0.717) is 17.4 Å². The maximum atomic E-state index is 10.6. The first-order chi connectivity index (χ1) is 13.0. The van der Waals surface area contributed by atoms with Crippen molar-refractivity contribution in [3.05, 3.63) is 34.4 Å². The molecule has 0 aliphatic heterocycles. The molecule has 0 radical (unpaired) electrons. The fourth-order valence-electron chi connectivity index (χ4n) is 3.68. The van der Waals surface area contributed by atoms with E-state index in [2.05, 4.69) is 73.2 Å². The first-order valence-electron chi connectivity index (χ1n) is 10.9. The van der Waals surface area contributed by atoms with Crippen LogP contribution in [0.2, 0.25) is 0 Å². The zero-order valence-corrected chi connectivity index (χ0v) is 20.2. The van der Waals surface area contributed by atoms with E-state index < -0.39 is 0 Å². The van der Waals surface area contributed by atoms with E-state index in [1.807, 2.05) is 0 Å². The zero-order valence-electron chi connectivity index (χ0n) is 19.3. The summed E-state index contributed by atoms with van der Waals surface area (Å²) in [6.45, 7) is 16.6. The quantitative estimate of drug-likeness (QED) is 0.257. The van der Waals surface area contributed by atoms with Gasteiger partial charge in [0.2, 0.25) is 0 Å². The highest BCUT2D eigenvalue weighted by Gasteiger charge is 2.34. The number of hydrogen-bond donors (Lipinski definition) is 1. The number of ether oxygens (including phenoxy) is 1. The summed E-state index contributed by atoms with van der Waals surface area (Å²) in [6.07, 6.45) is 13.3. The molecule has 160 valence electrons. The lowest BCUT2D eigenvalue weighted by Crippen LogP contribution is -2.15. The molecule has 0 aromatic rings. The van der Waals surface area contributed by atoms with Crippen LogP contribution in [-0.4, -0.2) is 18.3 Å². The molecule has 2 bridgehead atoms. The Labute approximate surface area is 179 Å². The van der Waals surface area contributed by atoms with E-state index in [1.165, 1.54) is 44.1 Å². The van der Waals surface area contributed by atoms with Gasteiger partial charge in [0, 0.05) is 0 Å². The smallest absolute Gasteiger partial charge is 0.315 e. The van der Waals surface area contributed by atoms with Gasteiger partial charge in [-0.1, -0.05) is 92.7 Å². The minimum Gasteiger partial charge on any atom is -0.465 e. The van der Waals surface area contributed by atoms with Crippen LogP contribution in [0.5, 0.6) is 0 Å². The third-order valence-electron chi connectivity index (χ3n) is 5.20. The largest absolute Gasteiger partial charge is 0.465 e. The summed E-state index contributed by atoms with van der Waals surface area (Å²) in [5.41, 5.74) is 6.82. The summed E-state index contributed by atoms with van der Waals surface area (Å²) in [7, 11) is 0. The van der Waals surface area contributed by atoms with E-state index in [0.717, 1.165) is 6.42 Å². The molecule has 0 aromatic heterocycles. The lowest BCUT2D eigenvalue weighted by molar-refractivity contribution is -0.140. The number of hydrogen-bond acceptors (Lipinski definition) is 3. The van der Waals surface area contributed by atoms with Crippen LogP contribution in [0.4, 0.5) is 0 Å². The lowest BCUT2D eigenvalue weighted by Gasteiger charge is -2.28. The van der Waals surface area contributed by atoms with Gasteiger partial charge in [0.15, 0.2) is 0 Å². The lowest BCUT2D eigenvalue weighted by atomic mass is 9.76. The molecule has 0 saturated heterocycles. The molecule has 0 amide bonds. The number of allylic oxidation sites excluding steroid dienone is 6. The Hall–Kier alpha value is -0.960. The molecule has 0 unspecified atom stereocenters. The molecule has 28 heavy (non-hydrogen) atoms. The van der Waals surface area contributed by atoms with Gasteiger partial charge in [-0.25, -0.2) is 0 Å². The average Bonchev–Trinajstić information content (AvgIpc) is 3.21. The van der Waals surface area contributed by atoms with Crippen LogP contribution in [-0.2, 0) is 9.53 Å². The van der Waals surface area contributed by atoms with E-state index in [-0.39, 0.29) is 11.7 Å². The molecule has 0 heterocycles. The van der Waals surface area contributed by atoms with Gasteiger partial charge >= 0.3 is 5.97 Å². The predicted octanol–water partition coefficient (Wildman–Crippen LogP) is 7.47. The molecule has 0 spiro atoms. The summed E-state index contributed by atoms with van der Waals surface area (Å²) < 4.78 is 4.88. The minimum absolute atomic E-state index is 0.190. The van der Waals surface area contributed by atoms with Gasteiger partial charge in [0.25, 0.3) is 0 Å². The van der Waals surface area contributed by atoms with Crippen LogP contribution in [0.3, 0.4) is 0 Å². The van der Waals surface area contributed by atoms with Crippen molar-refractivity contribution in [3.8, 4) is 0 Å². The fourth-order valence-corrected chi connectivity index (χ4v) is 3.77. The highest BCUT2D eigenvalue weighted by Crippen LogP contribution is 2.50. The van der Waals surface area contributed by atoms with Crippen LogP contribution in [0.1, 0.15) is 93.4 Å². The molecule has 3 heteroatoms. The number of unbranched alkanes of at least 4 members (excludes halogenated alkanes) is 5. The third-order valence-corrected chi connectivity index (χ3v) is 5.45. The average molecular weight is 407 g/mol. The number of thiol groups is 1. The second-order valence-electron chi connectivity index (χ2n) is 9.99. The Morgan fingerprint density at radius 2 is 1.57 bits per heavy atom. The van der Waals surface area contributed by atoms with Gasteiger partial charge < -0.3 is 4.74 Å². The second kappa shape index (κ2) is 11.3. The minimum atomic E-state index is -0.211. The summed E-state index contributed by atoms with van der Waals surface area (Å²) in [5, 5.41) is 0. The van der Waals surface area contributed by atoms with Crippen molar-refractivity contribution < 1.29 is 9.53 Å². The highest BCUT2D eigenvalue weighted by atomic mass is 32.1. The Kier molecular flexibility index (Phi) is 10.1. The van der Waals surface area contributed by atoms with E-state index >= 15 is 0 Å². The number of fused-ring (bicyclic) bond motifs is 2. The Balaban J connectivity index is 0.000000284. The third kappa shape index (κ3) is 8.19. The van der Waals surface area contributed by atoms with E-state index in [1.54, 1.807) is 16.7 Å². The molecule has 0 atom stereocenters. The Morgan fingerprint density at radius 1 is 0.964 bits per heavy atom. The van der Waals surface area contributed by atoms with Crippen molar-refractivity contribution in [1.82, 2.24) is 0 Å². The molecule has 2 aliphatic carbocycles. The predicted molar refractivity (Wildman–Crippen MR) is 125 cm³/mol. The van der Waals surface area contributed by atoms with E-state index in [4.69, 9.17) is 4.74 Å². The summed E-state index contributed by atoms with van der Waals surface area (Å²) in [6, 6.07) is 0. The fraction of sp³-hybridized carbons (Fsp3) is 0.720. The number of rotatable bonds is 8. The van der Waals surface area contributed by atoms with Crippen molar-refractivity contribution in [3.63, 3.8) is 0 Å². The van der Waals surface area contributed by atoms with Gasteiger partial charge in [0.1, 0.15) is 0 Å². The molecular weight excluding hydrogens is 364 g/mol. The Bertz CT molecular complexity index is 609. The number of carbonyl (C=O) groups excluding carboxylic acids is 1. The molecule has 2 aliphatic rings. The normalized spacial score (nSPS) is 15.9. The SMILES string of the molecule is CC(C)(C)C1=CC2=CC(C(C)(C)C)=C1C2.CCCCCCCCOC(=O)CS. The monoisotopic (exact) mass is 406 g/mol. The summed E-state index contributed by atoms with van der Waals surface area (Å²) in [5.74, 6) is -0.0209. The van der Waals surface area contributed by atoms with Crippen molar-refractivity contribution in [2.24, 2.45) is 10.8 Å². The van der Waals surface area contributed by atoms with Gasteiger partial charge in [-0.2, -0.15) is 12.6 Å². The van der Waals surface area contributed by atoms with Crippen LogP contribution in [0.25, 0.3) is 0 Å². The number of carbonyl (C=O) groups is 1. The van der Waals surface area contributed by atoms with Crippen LogP contribution < -0.4 is 0 Å². The standard InChI is InChI=1S/C15H22.C10H20O2S/c1-14(2,3)12-8-10-7-11(12)13(9-10)15(4,5)6;1-2-3-4-5-6-7-8-12-10(11)9-13/h8-9H,7H2,1-6H3;13H,2-9H2,1H3. The topological polar surface area (TPSA) is 26.3 Å². The molecular formula is C25H42O2S. The molecule has 2 rings (SSSR count). The molecule has 0 N–H and O–H groups in total. The van der Waals surface area contributed by atoms with Crippen molar-refractivity contribution in [2.75, 3.05) is 12.4 Å². The number of esters is 1. The van der Waals surface area contributed by atoms with Crippen molar-refractivity contribution in [1.29, 1.82) is 0 Å². The van der Waals surface area contributed by atoms with Gasteiger partial charge in [-0.05, 0) is 46.0 Å². The molecule has 2 nitrogen and oxygen atoms in total. The molecule has 0 saturated carbocycles. The summed E-state index contributed by atoms with van der Waals surface area (Å²) in [4.78, 5) is 10.6. The highest BCUT2D eigenvalue weighted by molar-refractivity contribution is 7.81. The maximum absolute atomic E-state index is 10.6. The first-order valence-corrected chi connectivity index (χ1v) is 11.6. The first kappa shape index (κ1) is 25.1.